The van der Waals surface area contributed by atoms with E-state index in [1.54, 1.807) is 11.9 Å². The number of likely N-dealkylation sites (N-methyl/N-ethyl adjacent to an activating group) is 1. The second-order valence-corrected chi connectivity index (χ2v) is 4.12. The predicted octanol–water partition coefficient (Wildman–Crippen LogP) is 1.48. The van der Waals surface area contributed by atoms with Crippen molar-refractivity contribution in [2.75, 3.05) is 13.6 Å². The first-order chi connectivity index (χ1) is 4.91. The van der Waals surface area contributed by atoms with Gasteiger partial charge in [0.1, 0.15) is 6.10 Å². The summed E-state index contributed by atoms with van der Waals surface area (Å²) in [5, 5.41) is 0. The van der Waals surface area contributed by atoms with E-state index in [1.165, 1.54) is 0 Å². The third-order valence-corrected chi connectivity index (χ3v) is 1.96. The Balaban J connectivity index is 2.61. The molecule has 0 saturated carbocycles. The maximum Gasteiger partial charge on any atom is 0.409 e. The molecule has 0 aromatic rings. The van der Waals surface area contributed by atoms with Gasteiger partial charge in [0, 0.05) is 12.5 Å². The lowest BCUT2D eigenvalue weighted by Gasteiger charge is -2.23. The summed E-state index contributed by atoms with van der Waals surface area (Å²) in [5.74, 6) is 0. The van der Waals surface area contributed by atoms with Gasteiger partial charge in [-0.2, -0.15) is 0 Å². The Morgan fingerprint density at radius 3 is 2.27 bits per heavy atom. The van der Waals surface area contributed by atoms with Crippen molar-refractivity contribution in [3.8, 4) is 0 Å². The van der Waals surface area contributed by atoms with Crippen LogP contribution in [0.2, 0.25) is 0 Å². The van der Waals surface area contributed by atoms with Gasteiger partial charge in [0.05, 0.1) is 6.54 Å². The molecular formula is C8H15NO2. The van der Waals surface area contributed by atoms with Crippen LogP contribution >= 0.6 is 0 Å². The molecule has 0 radical (unpaired) electrons. The number of carbonyl (C=O) groups is 1. The zero-order valence-electron chi connectivity index (χ0n) is 7.55. The van der Waals surface area contributed by atoms with Crippen molar-refractivity contribution in [3.63, 3.8) is 0 Å². The lowest BCUT2D eigenvalue weighted by Crippen LogP contribution is -2.29. The number of ether oxygens (including phenoxy) is 1. The Bertz CT molecular complexity index is 171. The molecule has 1 unspecified atom stereocenters. The quantitative estimate of drug-likeness (QED) is 0.533. The number of hydrogen-bond acceptors (Lipinski definition) is 2. The Labute approximate surface area is 67.3 Å². The van der Waals surface area contributed by atoms with Crippen LogP contribution in [-0.2, 0) is 4.74 Å². The molecule has 1 fully saturated rings. The maximum absolute atomic E-state index is 10.9. The minimum absolute atomic E-state index is 0.0417. The summed E-state index contributed by atoms with van der Waals surface area (Å²) in [6.07, 6.45) is -0.162. The van der Waals surface area contributed by atoms with Crippen LogP contribution in [0.4, 0.5) is 4.79 Å². The van der Waals surface area contributed by atoms with Gasteiger partial charge in [-0.05, 0) is 0 Å². The number of nitrogens with zero attached hydrogens (tertiary/aromatic N) is 1. The fraction of sp³-hybridized carbons (Fsp3) is 0.875. The van der Waals surface area contributed by atoms with E-state index < -0.39 is 0 Å². The van der Waals surface area contributed by atoms with Gasteiger partial charge in [-0.25, -0.2) is 4.79 Å². The van der Waals surface area contributed by atoms with E-state index >= 15 is 0 Å². The smallest absolute Gasteiger partial charge is 0.409 e. The average molecular weight is 157 g/mol. The Hall–Kier alpha value is -0.730. The largest absolute Gasteiger partial charge is 0.444 e. The number of rotatable bonds is 0. The van der Waals surface area contributed by atoms with Crippen LogP contribution in [0.25, 0.3) is 0 Å². The van der Waals surface area contributed by atoms with Gasteiger partial charge in [0.25, 0.3) is 0 Å². The standard InChI is InChI=1S/C8H15NO2/c1-8(2,3)6-5-9(4)7(10)11-6/h6H,5H2,1-4H3. The Kier molecular flexibility index (Phi) is 1.82. The van der Waals surface area contributed by atoms with E-state index in [4.69, 9.17) is 4.74 Å². The van der Waals surface area contributed by atoms with Gasteiger partial charge in [-0.1, -0.05) is 20.8 Å². The zero-order chi connectivity index (χ0) is 8.65. The van der Waals surface area contributed by atoms with Crippen molar-refractivity contribution < 1.29 is 9.53 Å². The summed E-state index contributed by atoms with van der Waals surface area (Å²) in [6.45, 7) is 6.93. The van der Waals surface area contributed by atoms with E-state index in [0.29, 0.717) is 6.54 Å². The summed E-state index contributed by atoms with van der Waals surface area (Å²) in [4.78, 5) is 12.5. The molecule has 0 aliphatic carbocycles. The molecule has 1 atom stereocenters. The second kappa shape index (κ2) is 2.40. The number of carbonyl (C=O) groups excluding carboxylic acids is 1. The Morgan fingerprint density at radius 2 is 2.09 bits per heavy atom. The minimum Gasteiger partial charge on any atom is -0.444 e. The highest BCUT2D eigenvalue weighted by atomic mass is 16.6. The summed E-state index contributed by atoms with van der Waals surface area (Å²) in [6, 6.07) is 0. The minimum atomic E-state index is -0.204. The van der Waals surface area contributed by atoms with Gasteiger partial charge in [-0.3, -0.25) is 0 Å². The molecule has 1 rings (SSSR count). The van der Waals surface area contributed by atoms with Crippen LogP contribution in [-0.4, -0.2) is 30.7 Å². The first-order valence-electron chi connectivity index (χ1n) is 3.83. The summed E-state index contributed by atoms with van der Waals surface area (Å²) < 4.78 is 5.12. The fourth-order valence-corrected chi connectivity index (χ4v) is 1.02. The molecule has 11 heavy (non-hydrogen) atoms. The molecule has 3 heteroatoms. The van der Waals surface area contributed by atoms with Crippen molar-refractivity contribution >= 4 is 6.09 Å². The van der Waals surface area contributed by atoms with Crippen LogP contribution in [0.15, 0.2) is 0 Å². The van der Waals surface area contributed by atoms with Gasteiger partial charge in [0.15, 0.2) is 0 Å². The molecule has 1 amide bonds. The lowest BCUT2D eigenvalue weighted by atomic mass is 9.89. The molecular weight excluding hydrogens is 142 g/mol. The first kappa shape index (κ1) is 8.37. The molecule has 1 aliphatic rings. The molecule has 3 nitrogen and oxygen atoms in total. The van der Waals surface area contributed by atoms with E-state index in [2.05, 4.69) is 20.8 Å². The third-order valence-electron chi connectivity index (χ3n) is 1.96. The van der Waals surface area contributed by atoms with E-state index in [9.17, 15) is 4.79 Å². The fourth-order valence-electron chi connectivity index (χ4n) is 1.02. The molecule has 0 aromatic carbocycles. The number of hydrogen-bond donors (Lipinski definition) is 0. The molecule has 0 bridgehead atoms. The predicted molar refractivity (Wildman–Crippen MR) is 42.4 cm³/mol. The van der Waals surface area contributed by atoms with Crippen LogP contribution in [0.1, 0.15) is 20.8 Å². The normalized spacial score (nSPS) is 25.6. The highest BCUT2D eigenvalue weighted by Gasteiger charge is 2.36. The average Bonchev–Trinajstić information content (AvgIpc) is 2.11. The van der Waals surface area contributed by atoms with Crippen molar-refractivity contribution in [3.05, 3.63) is 0 Å². The van der Waals surface area contributed by atoms with Crippen molar-refractivity contribution in [1.82, 2.24) is 4.90 Å². The van der Waals surface area contributed by atoms with Gasteiger partial charge < -0.3 is 9.64 Å². The maximum atomic E-state index is 10.9. The van der Waals surface area contributed by atoms with Crippen LogP contribution in [0, 0.1) is 5.41 Å². The molecule has 0 aromatic heterocycles. The van der Waals surface area contributed by atoms with Crippen LogP contribution < -0.4 is 0 Å². The Morgan fingerprint density at radius 1 is 1.55 bits per heavy atom. The van der Waals surface area contributed by atoms with Crippen molar-refractivity contribution in [2.24, 2.45) is 5.41 Å². The monoisotopic (exact) mass is 157 g/mol. The zero-order valence-corrected chi connectivity index (χ0v) is 7.55. The van der Waals surface area contributed by atoms with E-state index in [0.717, 1.165) is 0 Å². The molecule has 0 spiro atoms. The number of cyclic esters (lactones) is 1. The second-order valence-electron chi connectivity index (χ2n) is 4.12. The van der Waals surface area contributed by atoms with Crippen molar-refractivity contribution in [2.45, 2.75) is 26.9 Å². The number of amides is 1. The first-order valence-corrected chi connectivity index (χ1v) is 3.83. The highest BCUT2D eigenvalue weighted by Crippen LogP contribution is 2.26. The summed E-state index contributed by atoms with van der Waals surface area (Å²) in [5.41, 5.74) is 0.0560. The molecule has 1 aliphatic heterocycles. The van der Waals surface area contributed by atoms with E-state index in [1.807, 2.05) is 0 Å². The van der Waals surface area contributed by atoms with Gasteiger partial charge in [0.2, 0.25) is 0 Å². The van der Waals surface area contributed by atoms with Gasteiger partial charge in [-0.15, -0.1) is 0 Å². The highest BCUT2D eigenvalue weighted by molar-refractivity contribution is 5.69. The molecule has 0 N–H and O–H groups in total. The molecule has 1 saturated heterocycles. The SMILES string of the molecule is CN1CC(C(C)(C)C)OC1=O. The molecule has 64 valence electrons. The molecule has 1 heterocycles. The van der Waals surface area contributed by atoms with Crippen LogP contribution in [0.5, 0.6) is 0 Å². The summed E-state index contributed by atoms with van der Waals surface area (Å²) in [7, 11) is 1.76. The third kappa shape index (κ3) is 1.64. The van der Waals surface area contributed by atoms with Crippen LogP contribution in [0.3, 0.4) is 0 Å². The van der Waals surface area contributed by atoms with Gasteiger partial charge >= 0.3 is 6.09 Å². The lowest BCUT2D eigenvalue weighted by molar-refractivity contribution is 0.0725. The summed E-state index contributed by atoms with van der Waals surface area (Å²) >= 11 is 0. The topological polar surface area (TPSA) is 29.5 Å². The van der Waals surface area contributed by atoms with Crippen molar-refractivity contribution in [1.29, 1.82) is 0 Å². The van der Waals surface area contributed by atoms with E-state index in [-0.39, 0.29) is 17.6 Å².